The van der Waals surface area contributed by atoms with Gasteiger partial charge in [0, 0.05) is 21.5 Å². The van der Waals surface area contributed by atoms with E-state index in [0.717, 1.165) is 66.5 Å². The van der Waals surface area contributed by atoms with Crippen LogP contribution in [0.3, 0.4) is 0 Å². The van der Waals surface area contributed by atoms with Crippen molar-refractivity contribution in [3.05, 3.63) is 174 Å². The Hall–Kier alpha value is -7.39. The molecule has 230 valence electrons. The highest BCUT2D eigenvalue weighted by molar-refractivity contribution is 6.11. The minimum Gasteiger partial charge on any atom is -0.309 e. The van der Waals surface area contributed by atoms with E-state index >= 15 is 0 Å². The third kappa shape index (κ3) is 4.24. The van der Waals surface area contributed by atoms with Gasteiger partial charge in [-0.05, 0) is 76.9 Å². The number of fused-ring (bicyclic) bond motifs is 6. The van der Waals surface area contributed by atoms with E-state index in [-0.39, 0.29) is 0 Å². The molecule has 2 aromatic heterocycles. The summed E-state index contributed by atoms with van der Waals surface area (Å²) in [6, 6.07) is 55.3. The first-order valence-electron chi connectivity index (χ1n) is 16.3. The number of para-hydroxylation sites is 4. The smallest absolute Gasteiger partial charge is 0.195 e. The van der Waals surface area contributed by atoms with Gasteiger partial charge in [0.15, 0.2) is 5.69 Å². The average molecular weight is 636 g/mol. The van der Waals surface area contributed by atoms with Crippen molar-refractivity contribution in [1.29, 1.82) is 10.5 Å². The first-order valence-corrected chi connectivity index (χ1v) is 16.3. The van der Waals surface area contributed by atoms with Crippen molar-refractivity contribution in [3.8, 4) is 45.8 Å². The number of nitrogens with zero attached hydrogens (tertiary/aromatic N) is 5. The van der Waals surface area contributed by atoms with Crippen LogP contribution in [0.1, 0.15) is 11.1 Å². The Morgan fingerprint density at radius 3 is 1.72 bits per heavy atom. The van der Waals surface area contributed by atoms with Gasteiger partial charge in [-0.2, -0.15) is 10.5 Å². The molecule has 2 heterocycles. The molecule has 0 saturated carbocycles. The average Bonchev–Trinajstić information content (AvgIpc) is 3.69. The zero-order valence-electron chi connectivity index (χ0n) is 26.7. The van der Waals surface area contributed by atoms with Crippen LogP contribution in [-0.2, 0) is 0 Å². The predicted octanol–water partition coefficient (Wildman–Crippen LogP) is 11.5. The van der Waals surface area contributed by atoms with Crippen LogP contribution < -0.4 is 0 Å². The summed E-state index contributed by atoms with van der Waals surface area (Å²) in [5.74, 6) is 0. The van der Waals surface area contributed by atoms with Gasteiger partial charge in [-0.3, -0.25) is 0 Å². The van der Waals surface area contributed by atoms with Crippen LogP contribution in [0.4, 0.5) is 5.69 Å². The highest BCUT2D eigenvalue weighted by Gasteiger charge is 2.21. The molecule has 7 aromatic carbocycles. The van der Waals surface area contributed by atoms with Crippen LogP contribution in [0.25, 0.3) is 82.1 Å². The summed E-state index contributed by atoms with van der Waals surface area (Å²) in [6.07, 6.45) is 0. The second-order valence-electron chi connectivity index (χ2n) is 12.2. The highest BCUT2D eigenvalue weighted by Crippen LogP contribution is 2.45. The zero-order chi connectivity index (χ0) is 33.8. The quantitative estimate of drug-likeness (QED) is 0.181. The fourth-order valence-corrected chi connectivity index (χ4v) is 7.51. The third-order valence-electron chi connectivity index (χ3n) is 9.63. The van der Waals surface area contributed by atoms with Crippen molar-refractivity contribution in [3.63, 3.8) is 0 Å². The Morgan fingerprint density at radius 1 is 0.480 bits per heavy atom. The Bertz CT molecular complexity index is 2920. The molecule has 0 bridgehead atoms. The second-order valence-corrected chi connectivity index (χ2v) is 12.2. The van der Waals surface area contributed by atoms with Gasteiger partial charge < -0.3 is 9.13 Å². The SMILES string of the molecule is [C-]#[N+]c1cccc(-c2ccc(-n3c4ccccc4c4cc(C#N)ccc43)c(C#N)c2)c1-c1ccccc1-n1c2ccccc2c2ccccc21. The zero-order valence-corrected chi connectivity index (χ0v) is 26.7. The van der Waals surface area contributed by atoms with E-state index in [1.165, 1.54) is 10.8 Å². The van der Waals surface area contributed by atoms with Crippen molar-refractivity contribution >= 4 is 49.3 Å². The Balaban J connectivity index is 1.28. The molecule has 0 atom stereocenters. The highest BCUT2D eigenvalue weighted by atomic mass is 15.0. The van der Waals surface area contributed by atoms with Gasteiger partial charge in [-0.15, -0.1) is 0 Å². The monoisotopic (exact) mass is 635 g/mol. The lowest BCUT2D eigenvalue weighted by atomic mass is 9.91. The maximum Gasteiger partial charge on any atom is 0.195 e. The van der Waals surface area contributed by atoms with Crippen LogP contribution in [0.15, 0.2) is 152 Å². The first kappa shape index (κ1) is 28.8. The van der Waals surface area contributed by atoms with E-state index in [4.69, 9.17) is 6.57 Å². The fourth-order valence-electron chi connectivity index (χ4n) is 7.51. The van der Waals surface area contributed by atoms with Gasteiger partial charge >= 0.3 is 0 Å². The molecule has 0 spiro atoms. The molecule has 0 radical (unpaired) electrons. The third-order valence-corrected chi connectivity index (χ3v) is 9.63. The summed E-state index contributed by atoms with van der Waals surface area (Å²) in [5.41, 5.74) is 10.9. The molecule has 0 saturated heterocycles. The van der Waals surface area contributed by atoms with Gasteiger partial charge in [0.2, 0.25) is 0 Å². The number of hydrogen-bond donors (Lipinski definition) is 0. The lowest BCUT2D eigenvalue weighted by molar-refractivity contribution is 1.17. The predicted molar refractivity (Wildman–Crippen MR) is 202 cm³/mol. The molecule has 9 aromatic rings. The van der Waals surface area contributed by atoms with Crippen LogP contribution in [0, 0.1) is 29.2 Å². The molecule has 0 aliphatic carbocycles. The molecule has 0 N–H and O–H groups in total. The van der Waals surface area contributed by atoms with Crippen LogP contribution in [-0.4, -0.2) is 9.13 Å². The molecule has 9 rings (SSSR count). The van der Waals surface area contributed by atoms with Crippen LogP contribution in [0.5, 0.6) is 0 Å². The number of aromatic nitrogens is 2. The normalized spacial score (nSPS) is 11.1. The Kier molecular flexibility index (Phi) is 6.56. The largest absolute Gasteiger partial charge is 0.309 e. The maximum atomic E-state index is 10.6. The molecule has 0 amide bonds. The second kappa shape index (κ2) is 11.4. The minimum absolute atomic E-state index is 0.504. The number of hydrogen-bond acceptors (Lipinski definition) is 2. The van der Waals surface area contributed by atoms with Crippen molar-refractivity contribution < 1.29 is 0 Å². The van der Waals surface area contributed by atoms with E-state index in [9.17, 15) is 10.5 Å². The van der Waals surface area contributed by atoms with Crippen LogP contribution in [0.2, 0.25) is 0 Å². The molecule has 5 nitrogen and oxygen atoms in total. The first-order chi connectivity index (χ1) is 24.7. The minimum atomic E-state index is 0.504. The molecular weight excluding hydrogens is 611 g/mol. The topological polar surface area (TPSA) is 61.8 Å². The summed E-state index contributed by atoms with van der Waals surface area (Å²) < 4.78 is 4.39. The van der Waals surface area contributed by atoms with Crippen molar-refractivity contribution in [1.82, 2.24) is 9.13 Å². The number of rotatable bonds is 4. The van der Waals surface area contributed by atoms with E-state index in [1.807, 2.05) is 91.0 Å². The maximum absolute atomic E-state index is 10.6. The van der Waals surface area contributed by atoms with Crippen molar-refractivity contribution in [2.45, 2.75) is 0 Å². The molecule has 50 heavy (non-hydrogen) atoms. The van der Waals surface area contributed by atoms with Gasteiger partial charge in [0.05, 0.1) is 57.2 Å². The number of nitriles is 2. The molecule has 0 aliphatic rings. The Labute approximate surface area is 288 Å². The van der Waals surface area contributed by atoms with Gasteiger partial charge in [-0.25, -0.2) is 4.85 Å². The molecule has 0 aliphatic heterocycles. The van der Waals surface area contributed by atoms with Gasteiger partial charge in [0.1, 0.15) is 6.07 Å². The van der Waals surface area contributed by atoms with Crippen LogP contribution >= 0.6 is 0 Å². The standard InChI is InChI=1S/C45H25N5/c1-48-38-16-10-15-32(45(38)36-14-5-9-20-43(36)50-40-17-6-2-11-33(40)34-12-3-7-18-41(34)50)30-22-24-39(31(26-30)28-47)49-42-19-8-4-13-35(42)37-25-29(27-46)21-23-44(37)49/h2-26H. The van der Waals surface area contributed by atoms with E-state index in [1.54, 1.807) is 0 Å². The van der Waals surface area contributed by atoms with E-state index < -0.39 is 0 Å². The lowest BCUT2D eigenvalue weighted by Gasteiger charge is -2.19. The summed E-state index contributed by atoms with van der Waals surface area (Å²) in [6.45, 7) is 8.23. The summed E-state index contributed by atoms with van der Waals surface area (Å²) >= 11 is 0. The summed E-state index contributed by atoms with van der Waals surface area (Å²) in [5, 5.41) is 24.5. The van der Waals surface area contributed by atoms with Crippen molar-refractivity contribution in [2.75, 3.05) is 0 Å². The molecule has 0 fully saturated rings. The lowest BCUT2D eigenvalue weighted by Crippen LogP contribution is -2.00. The summed E-state index contributed by atoms with van der Waals surface area (Å²) in [7, 11) is 0. The van der Waals surface area contributed by atoms with Gasteiger partial charge in [0.25, 0.3) is 0 Å². The molecule has 0 unspecified atom stereocenters. The summed E-state index contributed by atoms with van der Waals surface area (Å²) in [4.78, 5) is 4.01. The van der Waals surface area contributed by atoms with Gasteiger partial charge in [-0.1, -0.05) is 97.1 Å². The van der Waals surface area contributed by atoms with E-state index in [2.05, 4.69) is 86.8 Å². The molecule has 5 heteroatoms. The van der Waals surface area contributed by atoms with E-state index in [0.29, 0.717) is 16.8 Å². The van der Waals surface area contributed by atoms with Crippen molar-refractivity contribution in [2.24, 2.45) is 0 Å². The molecular formula is C45H25N5. The number of benzene rings is 7. The fraction of sp³-hybridized carbons (Fsp3) is 0. The Morgan fingerprint density at radius 2 is 1.06 bits per heavy atom.